The van der Waals surface area contributed by atoms with Crippen LogP contribution in [0.2, 0.25) is 0 Å². The Labute approximate surface area is 122 Å². The first-order chi connectivity index (χ1) is 7.83. The third-order valence-corrected chi connectivity index (χ3v) is 3.28. The first-order valence-corrected chi connectivity index (χ1v) is 5.96. The molecule has 1 aliphatic rings. The molecule has 1 aromatic rings. The Hall–Kier alpha value is -0.540. The van der Waals surface area contributed by atoms with Gasteiger partial charge in [-0.05, 0) is 18.1 Å². The largest absolute Gasteiger partial charge is 0.314 e. The van der Waals surface area contributed by atoms with E-state index >= 15 is 0 Å². The van der Waals surface area contributed by atoms with E-state index in [0.29, 0.717) is 6.04 Å². The Morgan fingerprint density at radius 2 is 1.83 bits per heavy atom. The summed E-state index contributed by atoms with van der Waals surface area (Å²) in [6.45, 7) is 10.5. The molecule has 1 aliphatic heterocycles. The molecule has 0 aromatic heterocycles. The van der Waals surface area contributed by atoms with Gasteiger partial charge in [-0.1, -0.05) is 30.3 Å². The number of hydrogen-bond acceptors (Lipinski definition) is 2. The van der Waals surface area contributed by atoms with Gasteiger partial charge in [0.2, 0.25) is 0 Å². The molecule has 1 N–H and O–H groups in total. The molecule has 1 fully saturated rings. The monoisotopic (exact) mass is 288 g/mol. The van der Waals surface area contributed by atoms with Crippen LogP contribution >= 0.6 is 24.8 Å². The van der Waals surface area contributed by atoms with E-state index in [1.165, 1.54) is 11.1 Å². The lowest BCUT2D eigenvalue weighted by atomic mass is 9.99. The lowest BCUT2D eigenvalue weighted by Crippen LogP contribution is -2.44. The van der Waals surface area contributed by atoms with Crippen LogP contribution in [0.4, 0.5) is 0 Å². The average Bonchev–Trinajstić information content (AvgIpc) is 2.34. The number of rotatable bonds is 3. The van der Waals surface area contributed by atoms with E-state index in [2.05, 4.69) is 54.1 Å². The summed E-state index contributed by atoms with van der Waals surface area (Å²) in [6.07, 6.45) is 2.06. The second kappa shape index (κ2) is 8.54. The Morgan fingerprint density at radius 1 is 1.22 bits per heavy atom. The van der Waals surface area contributed by atoms with E-state index in [1.54, 1.807) is 0 Å². The minimum absolute atomic E-state index is 0. The molecule has 0 saturated carbocycles. The maximum absolute atomic E-state index is 3.99. The molecule has 0 bridgehead atoms. The van der Waals surface area contributed by atoms with Gasteiger partial charge in [0.05, 0.1) is 6.04 Å². The van der Waals surface area contributed by atoms with Gasteiger partial charge in [-0.25, -0.2) is 0 Å². The number of hydrogen-bond donors (Lipinski definition) is 1. The van der Waals surface area contributed by atoms with E-state index in [9.17, 15) is 0 Å². The predicted octanol–water partition coefficient (Wildman–Crippen LogP) is 2.97. The molecule has 0 unspecified atom stereocenters. The molecule has 2 nitrogen and oxygen atoms in total. The van der Waals surface area contributed by atoms with Gasteiger partial charge in [0.1, 0.15) is 0 Å². The van der Waals surface area contributed by atoms with Crippen LogP contribution in [0, 0.1) is 6.92 Å². The summed E-state index contributed by atoms with van der Waals surface area (Å²) in [6, 6.07) is 8.96. The molecule has 1 saturated heterocycles. The molecular weight excluding hydrogens is 267 g/mol. The SMILES string of the molecule is C=C[C@@H](c1ccccc1C)N1CCNCC1.Cl.Cl. The van der Waals surface area contributed by atoms with Crippen LogP contribution in [0.1, 0.15) is 17.2 Å². The summed E-state index contributed by atoms with van der Waals surface area (Å²) < 4.78 is 0. The van der Waals surface area contributed by atoms with Crippen molar-refractivity contribution in [3.63, 3.8) is 0 Å². The van der Waals surface area contributed by atoms with Gasteiger partial charge >= 0.3 is 0 Å². The molecule has 18 heavy (non-hydrogen) atoms. The van der Waals surface area contributed by atoms with Crippen molar-refractivity contribution in [3.8, 4) is 0 Å². The molecular formula is C14H22Cl2N2. The van der Waals surface area contributed by atoms with Crippen LogP contribution in [-0.4, -0.2) is 31.1 Å². The summed E-state index contributed by atoms with van der Waals surface area (Å²) in [5.41, 5.74) is 2.74. The van der Waals surface area contributed by atoms with E-state index in [1.807, 2.05) is 0 Å². The van der Waals surface area contributed by atoms with Crippen LogP contribution in [0.3, 0.4) is 0 Å². The first-order valence-electron chi connectivity index (χ1n) is 5.96. The van der Waals surface area contributed by atoms with E-state index < -0.39 is 0 Å². The lowest BCUT2D eigenvalue weighted by molar-refractivity contribution is 0.203. The normalized spacial score (nSPS) is 17.2. The van der Waals surface area contributed by atoms with Crippen molar-refractivity contribution in [2.75, 3.05) is 26.2 Å². The number of nitrogens with zero attached hydrogens (tertiary/aromatic N) is 1. The highest BCUT2D eigenvalue weighted by Crippen LogP contribution is 2.24. The van der Waals surface area contributed by atoms with Gasteiger partial charge in [-0.3, -0.25) is 4.90 Å². The lowest BCUT2D eigenvalue weighted by Gasteiger charge is -2.34. The highest BCUT2D eigenvalue weighted by Gasteiger charge is 2.20. The Kier molecular flexibility index (Phi) is 8.29. The summed E-state index contributed by atoms with van der Waals surface area (Å²) in [7, 11) is 0. The molecule has 0 radical (unpaired) electrons. The molecule has 102 valence electrons. The predicted molar refractivity (Wildman–Crippen MR) is 83.1 cm³/mol. The van der Waals surface area contributed by atoms with Crippen molar-refractivity contribution < 1.29 is 0 Å². The number of nitrogens with one attached hydrogen (secondary N) is 1. The van der Waals surface area contributed by atoms with Gasteiger partial charge in [-0.15, -0.1) is 31.4 Å². The topological polar surface area (TPSA) is 15.3 Å². The zero-order valence-corrected chi connectivity index (χ0v) is 12.4. The van der Waals surface area contributed by atoms with Crippen molar-refractivity contribution in [1.29, 1.82) is 0 Å². The summed E-state index contributed by atoms with van der Waals surface area (Å²) >= 11 is 0. The third kappa shape index (κ3) is 3.99. The average molecular weight is 289 g/mol. The number of benzene rings is 1. The minimum atomic E-state index is 0. The van der Waals surface area contributed by atoms with E-state index in [0.717, 1.165) is 26.2 Å². The van der Waals surface area contributed by atoms with Crippen molar-refractivity contribution >= 4 is 24.8 Å². The van der Waals surface area contributed by atoms with Gasteiger partial charge < -0.3 is 5.32 Å². The van der Waals surface area contributed by atoms with E-state index in [-0.39, 0.29) is 24.8 Å². The fourth-order valence-electron chi connectivity index (χ4n) is 2.35. The van der Waals surface area contributed by atoms with Crippen LogP contribution in [-0.2, 0) is 0 Å². The van der Waals surface area contributed by atoms with Crippen molar-refractivity contribution in [2.24, 2.45) is 0 Å². The number of aryl methyl sites for hydroxylation is 1. The second-order valence-electron chi connectivity index (χ2n) is 4.32. The Morgan fingerprint density at radius 3 is 2.39 bits per heavy atom. The standard InChI is InChI=1S/C14H20N2.2ClH/c1-3-14(16-10-8-15-9-11-16)13-7-5-4-6-12(13)2;;/h3-7,14-15H,1,8-11H2,2H3;2*1H/t14-;;/m0../s1. The molecule has 0 aliphatic carbocycles. The number of halogens is 2. The minimum Gasteiger partial charge on any atom is -0.314 e. The van der Waals surface area contributed by atoms with Crippen molar-refractivity contribution in [1.82, 2.24) is 10.2 Å². The molecule has 1 aromatic carbocycles. The molecule has 4 heteroatoms. The van der Waals surface area contributed by atoms with Gasteiger partial charge in [-0.2, -0.15) is 0 Å². The first kappa shape index (κ1) is 17.5. The highest BCUT2D eigenvalue weighted by molar-refractivity contribution is 5.85. The zero-order chi connectivity index (χ0) is 11.4. The molecule has 1 heterocycles. The maximum atomic E-state index is 3.99. The van der Waals surface area contributed by atoms with Gasteiger partial charge in [0.15, 0.2) is 0 Å². The highest BCUT2D eigenvalue weighted by atomic mass is 35.5. The van der Waals surface area contributed by atoms with Crippen molar-refractivity contribution in [3.05, 3.63) is 48.0 Å². The molecule has 0 spiro atoms. The fourth-order valence-corrected chi connectivity index (χ4v) is 2.35. The van der Waals surface area contributed by atoms with Crippen LogP contribution < -0.4 is 5.32 Å². The Bertz CT molecular complexity index is 363. The second-order valence-corrected chi connectivity index (χ2v) is 4.32. The van der Waals surface area contributed by atoms with Crippen LogP contribution in [0.15, 0.2) is 36.9 Å². The number of piperazine rings is 1. The quantitative estimate of drug-likeness (QED) is 0.861. The van der Waals surface area contributed by atoms with Gasteiger partial charge in [0.25, 0.3) is 0 Å². The van der Waals surface area contributed by atoms with Crippen molar-refractivity contribution in [2.45, 2.75) is 13.0 Å². The van der Waals surface area contributed by atoms with Gasteiger partial charge in [0, 0.05) is 26.2 Å². The van der Waals surface area contributed by atoms with Crippen LogP contribution in [0.5, 0.6) is 0 Å². The summed E-state index contributed by atoms with van der Waals surface area (Å²) in [4.78, 5) is 2.49. The smallest absolute Gasteiger partial charge is 0.0532 e. The van der Waals surface area contributed by atoms with Crippen LogP contribution in [0.25, 0.3) is 0 Å². The summed E-state index contributed by atoms with van der Waals surface area (Å²) in [5, 5.41) is 3.38. The molecule has 1 atom stereocenters. The molecule has 2 rings (SSSR count). The molecule has 0 amide bonds. The van der Waals surface area contributed by atoms with E-state index in [4.69, 9.17) is 0 Å². The fraction of sp³-hybridized carbons (Fsp3) is 0.429. The third-order valence-electron chi connectivity index (χ3n) is 3.28. The Balaban J connectivity index is 0.00000144. The maximum Gasteiger partial charge on any atom is 0.0532 e. The zero-order valence-electron chi connectivity index (χ0n) is 10.8. The summed E-state index contributed by atoms with van der Waals surface area (Å²) in [5.74, 6) is 0.